The summed E-state index contributed by atoms with van der Waals surface area (Å²) < 4.78 is 10.3. The summed E-state index contributed by atoms with van der Waals surface area (Å²) in [6, 6.07) is 0. The molecule has 1 aliphatic heterocycles. The average Bonchev–Trinajstić information content (AvgIpc) is 2.69. The van der Waals surface area contributed by atoms with Crippen LogP contribution in [-0.2, 0) is 16.9 Å². The molecule has 1 aromatic heterocycles. The van der Waals surface area contributed by atoms with E-state index >= 15 is 0 Å². The number of rotatable bonds is 7. The van der Waals surface area contributed by atoms with E-state index in [4.69, 9.17) is 9.26 Å². The molecule has 18 heavy (non-hydrogen) atoms. The van der Waals surface area contributed by atoms with Gasteiger partial charge in [-0.25, -0.2) is 0 Å². The van der Waals surface area contributed by atoms with Crippen LogP contribution in [0.25, 0.3) is 0 Å². The minimum Gasteiger partial charge on any atom is -0.396 e. The molecule has 0 spiro atoms. The van der Waals surface area contributed by atoms with Crippen LogP contribution in [0.5, 0.6) is 0 Å². The van der Waals surface area contributed by atoms with E-state index in [0.29, 0.717) is 30.8 Å². The SMILES string of the molecule is CC(C)Cc1noc(CSCC2(CO)COC2)n1. The summed E-state index contributed by atoms with van der Waals surface area (Å²) in [5.74, 6) is 3.56. The van der Waals surface area contributed by atoms with Crippen molar-refractivity contribution >= 4 is 11.8 Å². The van der Waals surface area contributed by atoms with E-state index in [1.807, 2.05) is 0 Å². The molecule has 0 bridgehead atoms. The molecule has 0 unspecified atom stereocenters. The van der Waals surface area contributed by atoms with E-state index < -0.39 is 0 Å². The summed E-state index contributed by atoms with van der Waals surface area (Å²) in [4.78, 5) is 4.35. The van der Waals surface area contributed by atoms with Gasteiger partial charge < -0.3 is 14.4 Å². The van der Waals surface area contributed by atoms with Crippen LogP contribution >= 0.6 is 11.8 Å². The molecule has 0 aromatic carbocycles. The van der Waals surface area contributed by atoms with Crippen LogP contribution in [0.1, 0.15) is 25.6 Å². The Morgan fingerprint density at radius 3 is 2.78 bits per heavy atom. The Hall–Kier alpha value is -0.590. The van der Waals surface area contributed by atoms with E-state index in [0.717, 1.165) is 18.0 Å². The first-order valence-corrected chi connectivity index (χ1v) is 7.37. The smallest absolute Gasteiger partial charge is 0.236 e. The lowest BCUT2D eigenvalue weighted by molar-refractivity contribution is -0.121. The Kier molecular flexibility index (Phi) is 4.64. The van der Waals surface area contributed by atoms with Crippen molar-refractivity contribution in [2.24, 2.45) is 11.3 Å². The summed E-state index contributed by atoms with van der Waals surface area (Å²) in [6.45, 7) is 5.75. The zero-order chi connectivity index (χ0) is 13.0. The number of aliphatic hydroxyl groups is 1. The van der Waals surface area contributed by atoms with Gasteiger partial charge >= 0.3 is 0 Å². The quantitative estimate of drug-likeness (QED) is 0.811. The van der Waals surface area contributed by atoms with Gasteiger partial charge in [0.25, 0.3) is 0 Å². The Labute approximate surface area is 111 Å². The number of nitrogens with zero attached hydrogens (tertiary/aromatic N) is 2. The number of aliphatic hydroxyl groups excluding tert-OH is 1. The van der Waals surface area contributed by atoms with Gasteiger partial charge in [-0.3, -0.25) is 0 Å². The zero-order valence-electron chi connectivity index (χ0n) is 10.9. The lowest BCUT2D eigenvalue weighted by Crippen LogP contribution is -2.47. The van der Waals surface area contributed by atoms with Crippen molar-refractivity contribution < 1.29 is 14.4 Å². The largest absolute Gasteiger partial charge is 0.396 e. The van der Waals surface area contributed by atoms with Gasteiger partial charge in [-0.05, 0) is 5.92 Å². The maximum absolute atomic E-state index is 9.29. The normalized spacial score (nSPS) is 18.0. The zero-order valence-corrected chi connectivity index (χ0v) is 11.7. The van der Waals surface area contributed by atoms with Gasteiger partial charge in [0.15, 0.2) is 5.82 Å². The van der Waals surface area contributed by atoms with E-state index in [2.05, 4.69) is 24.0 Å². The minimum atomic E-state index is -0.0501. The topological polar surface area (TPSA) is 68.4 Å². The Morgan fingerprint density at radius 2 is 2.22 bits per heavy atom. The second-order valence-corrected chi connectivity index (χ2v) is 6.33. The second kappa shape index (κ2) is 6.04. The molecular formula is C12H20N2O3S. The van der Waals surface area contributed by atoms with E-state index in [1.165, 1.54) is 0 Å². The van der Waals surface area contributed by atoms with Crippen LogP contribution in [0.4, 0.5) is 0 Å². The van der Waals surface area contributed by atoms with Gasteiger partial charge in [0.05, 0.1) is 25.6 Å². The molecule has 1 fully saturated rings. The minimum absolute atomic E-state index is 0.0501. The molecule has 0 atom stereocenters. The monoisotopic (exact) mass is 272 g/mol. The maximum atomic E-state index is 9.29. The lowest BCUT2D eigenvalue weighted by Gasteiger charge is -2.39. The molecule has 0 radical (unpaired) electrons. The number of aromatic nitrogens is 2. The highest BCUT2D eigenvalue weighted by Crippen LogP contribution is 2.31. The third-order valence-corrected chi connectivity index (χ3v) is 4.15. The van der Waals surface area contributed by atoms with Crippen molar-refractivity contribution in [1.29, 1.82) is 0 Å². The summed E-state index contributed by atoms with van der Waals surface area (Å²) >= 11 is 1.71. The van der Waals surface area contributed by atoms with E-state index in [1.54, 1.807) is 11.8 Å². The Balaban J connectivity index is 1.74. The number of hydrogen-bond acceptors (Lipinski definition) is 6. The number of ether oxygens (including phenoxy) is 1. The summed E-state index contributed by atoms with van der Waals surface area (Å²) in [5.41, 5.74) is -0.0501. The lowest BCUT2D eigenvalue weighted by atomic mass is 9.90. The highest BCUT2D eigenvalue weighted by molar-refractivity contribution is 7.98. The standard InChI is InChI=1S/C12H20N2O3S/c1-9(2)3-10-13-11(17-14-10)4-18-8-12(5-15)6-16-7-12/h9,15H,3-8H2,1-2H3. The van der Waals surface area contributed by atoms with Gasteiger partial charge in [0.2, 0.25) is 5.89 Å². The molecule has 6 heteroatoms. The summed E-state index contributed by atoms with van der Waals surface area (Å²) in [5, 5.41) is 13.2. The molecule has 102 valence electrons. The van der Waals surface area contributed by atoms with Crippen LogP contribution in [0, 0.1) is 11.3 Å². The van der Waals surface area contributed by atoms with Crippen LogP contribution in [-0.4, -0.2) is 40.8 Å². The molecule has 5 nitrogen and oxygen atoms in total. The highest BCUT2D eigenvalue weighted by Gasteiger charge is 2.37. The molecule has 1 saturated heterocycles. The Morgan fingerprint density at radius 1 is 1.44 bits per heavy atom. The first-order valence-electron chi connectivity index (χ1n) is 6.21. The van der Waals surface area contributed by atoms with Crippen LogP contribution in [0.2, 0.25) is 0 Å². The van der Waals surface area contributed by atoms with Crippen LogP contribution in [0.3, 0.4) is 0 Å². The van der Waals surface area contributed by atoms with Gasteiger partial charge in [0.1, 0.15) is 0 Å². The molecule has 2 heterocycles. The summed E-state index contributed by atoms with van der Waals surface area (Å²) in [7, 11) is 0. The molecule has 0 saturated carbocycles. The third kappa shape index (κ3) is 3.46. The van der Waals surface area contributed by atoms with Crippen molar-refractivity contribution in [3.05, 3.63) is 11.7 Å². The fraction of sp³-hybridized carbons (Fsp3) is 0.833. The molecule has 1 N–H and O–H groups in total. The predicted molar refractivity (Wildman–Crippen MR) is 69.3 cm³/mol. The molecular weight excluding hydrogens is 252 g/mol. The molecule has 1 aromatic rings. The van der Waals surface area contributed by atoms with Crippen LogP contribution in [0.15, 0.2) is 4.52 Å². The van der Waals surface area contributed by atoms with Crippen molar-refractivity contribution in [2.75, 3.05) is 25.6 Å². The molecule has 2 rings (SSSR count). The van der Waals surface area contributed by atoms with Gasteiger partial charge in [0, 0.05) is 17.6 Å². The molecule has 0 amide bonds. The van der Waals surface area contributed by atoms with Crippen molar-refractivity contribution in [1.82, 2.24) is 10.1 Å². The average molecular weight is 272 g/mol. The maximum Gasteiger partial charge on any atom is 0.236 e. The second-order valence-electron chi connectivity index (χ2n) is 5.35. The van der Waals surface area contributed by atoms with Crippen molar-refractivity contribution in [3.8, 4) is 0 Å². The Bertz CT molecular complexity index is 372. The number of hydrogen-bond donors (Lipinski definition) is 1. The fourth-order valence-electron chi connectivity index (χ4n) is 1.76. The first-order chi connectivity index (χ1) is 8.63. The van der Waals surface area contributed by atoms with Gasteiger partial charge in [-0.1, -0.05) is 19.0 Å². The highest BCUT2D eigenvalue weighted by atomic mass is 32.2. The van der Waals surface area contributed by atoms with E-state index in [9.17, 15) is 5.11 Å². The van der Waals surface area contributed by atoms with Crippen molar-refractivity contribution in [2.45, 2.75) is 26.0 Å². The van der Waals surface area contributed by atoms with Gasteiger partial charge in [-0.15, -0.1) is 0 Å². The number of thioether (sulfide) groups is 1. The molecule has 0 aliphatic carbocycles. The first kappa shape index (κ1) is 13.8. The fourth-order valence-corrected chi connectivity index (χ4v) is 2.85. The summed E-state index contributed by atoms with van der Waals surface area (Å²) in [6.07, 6.45) is 0.850. The van der Waals surface area contributed by atoms with Crippen molar-refractivity contribution in [3.63, 3.8) is 0 Å². The predicted octanol–water partition coefficient (Wildman–Crippen LogP) is 1.51. The molecule has 1 aliphatic rings. The van der Waals surface area contributed by atoms with Gasteiger partial charge in [-0.2, -0.15) is 16.7 Å². The third-order valence-electron chi connectivity index (χ3n) is 2.89. The van der Waals surface area contributed by atoms with E-state index in [-0.39, 0.29) is 12.0 Å². The van der Waals surface area contributed by atoms with Crippen LogP contribution < -0.4 is 0 Å².